The van der Waals surface area contributed by atoms with E-state index in [-0.39, 0.29) is 17.9 Å². The normalized spacial score (nSPS) is 22.9. The topological polar surface area (TPSA) is 46.3 Å². The molecule has 1 aliphatic rings. The van der Waals surface area contributed by atoms with Crippen LogP contribution in [-0.2, 0) is 4.79 Å². The summed E-state index contributed by atoms with van der Waals surface area (Å²) in [5.41, 5.74) is 8.25. The fraction of sp³-hybridized carbons (Fsp3) is 0.588. The van der Waals surface area contributed by atoms with Gasteiger partial charge in [-0.2, -0.15) is 0 Å². The second-order valence-electron chi connectivity index (χ2n) is 6.27. The van der Waals surface area contributed by atoms with E-state index in [9.17, 15) is 4.79 Å². The zero-order valence-corrected chi connectivity index (χ0v) is 12.8. The van der Waals surface area contributed by atoms with E-state index < -0.39 is 0 Å². The molecule has 0 bridgehead atoms. The van der Waals surface area contributed by atoms with Crippen LogP contribution in [0.25, 0.3) is 0 Å². The minimum atomic E-state index is 0.0893. The summed E-state index contributed by atoms with van der Waals surface area (Å²) in [5.74, 6) is 0.772. The molecule has 3 nitrogen and oxygen atoms in total. The molecule has 1 saturated carbocycles. The van der Waals surface area contributed by atoms with Gasteiger partial charge in [0.2, 0.25) is 5.91 Å². The predicted octanol–water partition coefficient (Wildman–Crippen LogP) is 3.29. The zero-order chi connectivity index (χ0) is 14.7. The van der Waals surface area contributed by atoms with E-state index in [4.69, 9.17) is 5.73 Å². The molecule has 1 aromatic carbocycles. The Morgan fingerprint density at radius 2 is 2.10 bits per heavy atom. The molecule has 2 N–H and O–H groups in total. The van der Waals surface area contributed by atoms with Crippen LogP contribution in [0.2, 0.25) is 0 Å². The van der Waals surface area contributed by atoms with E-state index >= 15 is 0 Å². The molecule has 1 aromatic rings. The molecule has 2 atom stereocenters. The van der Waals surface area contributed by atoms with Crippen molar-refractivity contribution in [3.05, 3.63) is 29.8 Å². The number of carbonyl (C=O) groups is 1. The van der Waals surface area contributed by atoms with Gasteiger partial charge in [-0.05, 0) is 42.9 Å². The minimum Gasteiger partial charge on any atom is -0.328 e. The Balaban J connectivity index is 2.11. The highest BCUT2D eigenvalue weighted by molar-refractivity contribution is 5.94. The highest BCUT2D eigenvalue weighted by Gasteiger charge is 2.28. The van der Waals surface area contributed by atoms with Gasteiger partial charge in [0.1, 0.15) is 0 Å². The molecule has 0 radical (unpaired) electrons. The highest BCUT2D eigenvalue weighted by Crippen LogP contribution is 2.27. The molecule has 1 fully saturated rings. The van der Waals surface area contributed by atoms with Gasteiger partial charge in [-0.3, -0.25) is 4.79 Å². The predicted molar refractivity (Wildman–Crippen MR) is 83.9 cm³/mol. The van der Waals surface area contributed by atoms with Crippen LogP contribution in [-0.4, -0.2) is 19.0 Å². The second kappa shape index (κ2) is 6.40. The Labute approximate surface area is 122 Å². The lowest BCUT2D eigenvalue weighted by Crippen LogP contribution is -2.38. The maximum Gasteiger partial charge on any atom is 0.229 e. The molecule has 20 heavy (non-hydrogen) atoms. The van der Waals surface area contributed by atoms with Crippen LogP contribution in [0.3, 0.4) is 0 Å². The van der Waals surface area contributed by atoms with Crippen molar-refractivity contribution in [3.8, 4) is 0 Å². The van der Waals surface area contributed by atoms with Crippen LogP contribution in [0.4, 0.5) is 5.69 Å². The Morgan fingerprint density at radius 3 is 2.75 bits per heavy atom. The van der Waals surface area contributed by atoms with E-state index in [1.165, 1.54) is 5.56 Å². The first-order valence-corrected chi connectivity index (χ1v) is 7.62. The lowest BCUT2D eigenvalue weighted by Gasteiger charge is -2.29. The monoisotopic (exact) mass is 274 g/mol. The second-order valence-corrected chi connectivity index (χ2v) is 6.27. The first-order valence-electron chi connectivity index (χ1n) is 7.62. The maximum atomic E-state index is 12.6. The van der Waals surface area contributed by atoms with E-state index in [0.29, 0.717) is 5.92 Å². The van der Waals surface area contributed by atoms with Crippen molar-refractivity contribution in [1.82, 2.24) is 0 Å². The van der Waals surface area contributed by atoms with E-state index in [1.807, 2.05) is 19.2 Å². The zero-order valence-electron chi connectivity index (χ0n) is 12.8. The van der Waals surface area contributed by atoms with Crippen molar-refractivity contribution >= 4 is 11.6 Å². The van der Waals surface area contributed by atoms with Crippen LogP contribution in [0.5, 0.6) is 0 Å². The van der Waals surface area contributed by atoms with Crippen molar-refractivity contribution in [3.63, 3.8) is 0 Å². The summed E-state index contributed by atoms with van der Waals surface area (Å²) in [6, 6.07) is 8.45. The molecule has 0 saturated heterocycles. The fourth-order valence-electron chi connectivity index (χ4n) is 2.95. The summed E-state index contributed by atoms with van der Waals surface area (Å²) in [7, 11) is 1.88. The number of benzene rings is 1. The SMILES string of the molecule is CC(C)c1cccc(N(C)C(=O)C2CCCC(N)C2)c1. The molecule has 0 aliphatic heterocycles. The van der Waals surface area contributed by atoms with Gasteiger partial charge in [0, 0.05) is 24.7 Å². The smallest absolute Gasteiger partial charge is 0.229 e. The summed E-state index contributed by atoms with van der Waals surface area (Å²) in [6.45, 7) is 4.34. The Morgan fingerprint density at radius 1 is 1.35 bits per heavy atom. The lowest BCUT2D eigenvalue weighted by molar-refractivity contribution is -0.123. The molecular weight excluding hydrogens is 248 g/mol. The van der Waals surface area contributed by atoms with E-state index in [0.717, 1.165) is 31.4 Å². The summed E-state index contributed by atoms with van der Waals surface area (Å²) in [6.07, 6.45) is 3.92. The summed E-state index contributed by atoms with van der Waals surface area (Å²) in [5, 5.41) is 0. The van der Waals surface area contributed by atoms with Crippen LogP contribution < -0.4 is 10.6 Å². The average molecular weight is 274 g/mol. The van der Waals surface area contributed by atoms with Gasteiger partial charge in [-0.25, -0.2) is 0 Å². The number of hydrogen-bond acceptors (Lipinski definition) is 2. The number of nitrogens with two attached hydrogens (primary N) is 1. The van der Waals surface area contributed by atoms with E-state index in [1.54, 1.807) is 4.90 Å². The molecule has 1 aliphatic carbocycles. The molecule has 3 heteroatoms. The van der Waals surface area contributed by atoms with Gasteiger partial charge in [-0.1, -0.05) is 32.4 Å². The molecule has 0 aromatic heterocycles. The molecule has 0 heterocycles. The third kappa shape index (κ3) is 3.40. The Kier molecular flexibility index (Phi) is 4.81. The van der Waals surface area contributed by atoms with Crippen LogP contribution in [0, 0.1) is 5.92 Å². The Hall–Kier alpha value is -1.35. The number of carbonyl (C=O) groups excluding carboxylic acids is 1. The number of nitrogens with zero attached hydrogens (tertiary/aromatic N) is 1. The fourth-order valence-corrected chi connectivity index (χ4v) is 2.95. The largest absolute Gasteiger partial charge is 0.328 e. The molecule has 110 valence electrons. The first kappa shape index (κ1) is 15.0. The summed E-state index contributed by atoms with van der Waals surface area (Å²) >= 11 is 0. The molecule has 0 spiro atoms. The molecule has 2 unspecified atom stereocenters. The van der Waals surface area contributed by atoms with Crippen LogP contribution >= 0.6 is 0 Å². The third-order valence-electron chi connectivity index (χ3n) is 4.32. The van der Waals surface area contributed by atoms with Crippen molar-refractivity contribution < 1.29 is 4.79 Å². The highest BCUT2D eigenvalue weighted by atomic mass is 16.2. The molecular formula is C17H26N2O. The van der Waals surface area contributed by atoms with Crippen molar-refractivity contribution in [1.29, 1.82) is 0 Å². The van der Waals surface area contributed by atoms with Gasteiger partial charge >= 0.3 is 0 Å². The maximum absolute atomic E-state index is 12.6. The number of rotatable bonds is 3. The van der Waals surface area contributed by atoms with Gasteiger partial charge in [0.25, 0.3) is 0 Å². The number of anilines is 1. The van der Waals surface area contributed by atoms with Crippen LogP contribution in [0.15, 0.2) is 24.3 Å². The van der Waals surface area contributed by atoms with Gasteiger partial charge in [0.05, 0.1) is 0 Å². The number of amides is 1. The quantitative estimate of drug-likeness (QED) is 0.919. The van der Waals surface area contributed by atoms with E-state index in [2.05, 4.69) is 26.0 Å². The van der Waals surface area contributed by atoms with Crippen molar-refractivity contribution in [2.45, 2.75) is 51.5 Å². The summed E-state index contributed by atoms with van der Waals surface area (Å²) in [4.78, 5) is 14.4. The minimum absolute atomic E-state index is 0.0893. The molecule has 2 rings (SSSR count). The van der Waals surface area contributed by atoms with Crippen molar-refractivity contribution in [2.24, 2.45) is 11.7 Å². The lowest BCUT2D eigenvalue weighted by atomic mass is 9.85. The third-order valence-corrected chi connectivity index (χ3v) is 4.32. The average Bonchev–Trinajstić information content (AvgIpc) is 2.45. The first-order chi connectivity index (χ1) is 9.49. The van der Waals surface area contributed by atoms with Crippen molar-refractivity contribution in [2.75, 3.05) is 11.9 Å². The van der Waals surface area contributed by atoms with Crippen LogP contribution in [0.1, 0.15) is 51.0 Å². The molecule has 1 amide bonds. The Bertz CT molecular complexity index is 470. The van der Waals surface area contributed by atoms with Gasteiger partial charge < -0.3 is 10.6 Å². The van der Waals surface area contributed by atoms with Gasteiger partial charge in [-0.15, -0.1) is 0 Å². The standard InChI is InChI=1S/C17H26N2O/c1-12(2)13-6-5-9-16(11-13)19(3)17(20)14-7-4-8-15(18)10-14/h5-6,9,11-12,14-15H,4,7-8,10,18H2,1-3H3. The number of hydrogen-bond donors (Lipinski definition) is 1. The summed E-state index contributed by atoms with van der Waals surface area (Å²) < 4.78 is 0. The van der Waals surface area contributed by atoms with Gasteiger partial charge in [0.15, 0.2) is 0 Å².